The summed E-state index contributed by atoms with van der Waals surface area (Å²) in [7, 11) is 1.54. The summed E-state index contributed by atoms with van der Waals surface area (Å²) in [5.41, 5.74) is 7.81. The smallest absolute Gasteiger partial charge is 0.273 e. The van der Waals surface area contributed by atoms with E-state index in [0.717, 1.165) is 17.8 Å². The van der Waals surface area contributed by atoms with E-state index in [1.165, 1.54) is 13.2 Å². The number of rotatable bonds is 7. The van der Waals surface area contributed by atoms with Gasteiger partial charge in [-0.25, -0.2) is 18.7 Å². The van der Waals surface area contributed by atoms with Crippen LogP contribution in [0.3, 0.4) is 0 Å². The third-order valence-corrected chi connectivity index (χ3v) is 5.27. The number of nitrogens with two attached hydrogens (primary N) is 1. The van der Waals surface area contributed by atoms with Gasteiger partial charge in [0.15, 0.2) is 11.5 Å². The molecule has 176 valence electrons. The van der Waals surface area contributed by atoms with Crippen LogP contribution in [0, 0.1) is 18.6 Å². The van der Waals surface area contributed by atoms with Crippen molar-refractivity contribution < 1.29 is 27.8 Å². The molecule has 0 aliphatic carbocycles. The zero-order valence-corrected chi connectivity index (χ0v) is 18.4. The second-order valence-corrected chi connectivity index (χ2v) is 7.60. The number of pyridine rings is 1. The lowest BCUT2D eigenvalue weighted by atomic mass is 10.1. The highest BCUT2D eigenvalue weighted by atomic mass is 19.1. The number of aliphatic hydroxyl groups is 1. The Morgan fingerprint density at radius 1 is 1.21 bits per heavy atom. The summed E-state index contributed by atoms with van der Waals surface area (Å²) in [4.78, 5) is 21.8. The average molecular weight is 468 g/mol. The quantitative estimate of drug-likeness (QED) is 0.380. The van der Waals surface area contributed by atoms with Crippen LogP contribution in [-0.4, -0.2) is 34.7 Å². The van der Waals surface area contributed by atoms with Crippen molar-refractivity contribution in [2.75, 3.05) is 13.7 Å². The Balaban J connectivity index is 1.73. The van der Waals surface area contributed by atoms with Crippen LogP contribution in [0.15, 0.2) is 46.9 Å². The number of amides is 1. The first kappa shape index (κ1) is 23.3. The molecule has 2 aromatic carbocycles. The summed E-state index contributed by atoms with van der Waals surface area (Å²) >= 11 is 0. The topological polar surface area (TPSA) is 124 Å². The van der Waals surface area contributed by atoms with E-state index in [9.17, 15) is 18.7 Å². The Morgan fingerprint density at radius 2 is 2.00 bits per heavy atom. The van der Waals surface area contributed by atoms with Crippen molar-refractivity contribution >= 4 is 16.8 Å². The number of aryl methyl sites for hydroxylation is 1. The number of hydrogen-bond donors (Lipinski definition) is 3. The fraction of sp³-hybridized carbons (Fsp3) is 0.208. The van der Waals surface area contributed by atoms with E-state index < -0.39 is 30.2 Å². The van der Waals surface area contributed by atoms with E-state index in [-0.39, 0.29) is 29.5 Å². The number of hydrogen-bond acceptors (Lipinski definition) is 7. The molecule has 2 heterocycles. The Hall–Kier alpha value is -3.89. The second-order valence-electron chi connectivity index (χ2n) is 7.60. The highest BCUT2D eigenvalue weighted by Crippen LogP contribution is 2.35. The van der Waals surface area contributed by atoms with Gasteiger partial charge < -0.3 is 25.3 Å². The maximum absolute atomic E-state index is 13.9. The van der Waals surface area contributed by atoms with E-state index in [4.69, 9.17) is 14.9 Å². The predicted molar refractivity (Wildman–Crippen MR) is 120 cm³/mol. The minimum absolute atomic E-state index is 0.0291. The number of nitrogens with zero attached hydrogens (tertiary/aromatic N) is 2. The number of aliphatic hydroxyl groups excluding tert-OH is 1. The van der Waals surface area contributed by atoms with Crippen LogP contribution < -0.4 is 15.8 Å². The summed E-state index contributed by atoms with van der Waals surface area (Å²) < 4.78 is 38.3. The number of oxazole rings is 1. The summed E-state index contributed by atoms with van der Waals surface area (Å²) in [6.07, 6.45) is 0. The van der Waals surface area contributed by atoms with Gasteiger partial charge >= 0.3 is 0 Å². The summed E-state index contributed by atoms with van der Waals surface area (Å²) in [6, 6.07) is 9.11. The summed E-state index contributed by atoms with van der Waals surface area (Å²) in [5.74, 6) is -1.58. The standard InChI is InChI=1S/C24H22F2N4O4/c1-12-3-6-15-16(7-8-19(33-2)20(15)29-12)24-30-21(22(34-24)18(27)11-31)23(32)28-10-13-4-5-14(25)9-17(13)26/h3-9,18,31H,10-11,27H2,1-2H3,(H,28,32)/t18-/m0/s1. The molecule has 4 rings (SSSR count). The minimum Gasteiger partial charge on any atom is -0.494 e. The summed E-state index contributed by atoms with van der Waals surface area (Å²) in [6.45, 7) is 1.14. The van der Waals surface area contributed by atoms with Gasteiger partial charge in [-0.2, -0.15) is 0 Å². The van der Waals surface area contributed by atoms with Crippen LogP contribution in [-0.2, 0) is 6.54 Å². The molecule has 8 nitrogen and oxygen atoms in total. The minimum atomic E-state index is -1.02. The van der Waals surface area contributed by atoms with Crippen LogP contribution in [0.4, 0.5) is 8.78 Å². The van der Waals surface area contributed by atoms with E-state index in [2.05, 4.69) is 15.3 Å². The Labute approximate surface area is 193 Å². The van der Waals surface area contributed by atoms with Crippen LogP contribution in [0.2, 0.25) is 0 Å². The van der Waals surface area contributed by atoms with Gasteiger partial charge in [0, 0.05) is 34.8 Å². The molecule has 0 unspecified atom stereocenters. The number of carbonyl (C=O) groups is 1. The molecule has 0 saturated carbocycles. The van der Waals surface area contributed by atoms with Crippen LogP contribution >= 0.6 is 0 Å². The first-order chi connectivity index (χ1) is 16.3. The van der Waals surface area contributed by atoms with Crippen molar-refractivity contribution in [2.45, 2.75) is 19.5 Å². The average Bonchev–Trinajstić information content (AvgIpc) is 3.27. The van der Waals surface area contributed by atoms with Gasteiger partial charge in [-0.1, -0.05) is 12.1 Å². The van der Waals surface area contributed by atoms with Gasteiger partial charge in [-0.15, -0.1) is 0 Å². The van der Waals surface area contributed by atoms with Crippen LogP contribution in [0.5, 0.6) is 5.75 Å². The highest BCUT2D eigenvalue weighted by Gasteiger charge is 2.26. The number of nitrogens with one attached hydrogen (secondary N) is 1. The lowest BCUT2D eigenvalue weighted by molar-refractivity contribution is 0.0942. The molecule has 34 heavy (non-hydrogen) atoms. The number of methoxy groups -OCH3 is 1. The molecule has 0 aliphatic rings. The number of ether oxygens (including phenoxy) is 1. The second kappa shape index (κ2) is 9.54. The van der Waals surface area contributed by atoms with Gasteiger partial charge in [0.05, 0.1) is 19.8 Å². The molecule has 0 fully saturated rings. The van der Waals surface area contributed by atoms with Gasteiger partial charge in [0.1, 0.15) is 22.9 Å². The molecule has 0 bridgehead atoms. The largest absolute Gasteiger partial charge is 0.494 e. The molecular formula is C24H22F2N4O4. The fourth-order valence-corrected chi connectivity index (χ4v) is 3.51. The van der Waals surface area contributed by atoms with E-state index >= 15 is 0 Å². The van der Waals surface area contributed by atoms with Crippen molar-refractivity contribution in [1.29, 1.82) is 0 Å². The Morgan fingerprint density at radius 3 is 2.71 bits per heavy atom. The number of carbonyl (C=O) groups excluding carboxylic acids is 1. The van der Waals surface area contributed by atoms with Crippen LogP contribution in [0.25, 0.3) is 22.4 Å². The van der Waals surface area contributed by atoms with Gasteiger partial charge in [0.25, 0.3) is 5.91 Å². The molecule has 0 saturated heterocycles. The van der Waals surface area contributed by atoms with E-state index in [1.807, 2.05) is 19.1 Å². The zero-order valence-electron chi connectivity index (χ0n) is 18.4. The third kappa shape index (κ3) is 4.45. The fourth-order valence-electron chi connectivity index (χ4n) is 3.51. The first-order valence-corrected chi connectivity index (χ1v) is 10.4. The number of benzene rings is 2. The molecule has 10 heteroatoms. The van der Waals surface area contributed by atoms with E-state index in [0.29, 0.717) is 22.2 Å². The SMILES string of the molecule is COc1ccc(-c2nc(C(=O)NCc3ccc(F)cc3F)c([C@@H](N)CO)o2)c2ccc(C)nc12. The predicted octanol–water partition coefficient (Wildman–Crippen LogP) is 3.41. The molecule has 0 aliphatic heterocycles. The lowest BCUT2D eigenvalue weighted by Gasteiger charge is -2.09. The maximum Gasteiger partial charge on any atom is 0.273 e. The van der Waals surface area contributed by atoms with Crippen molar-refractivity contribution in [1.82, 2.24) is 15.3 Å². The molecule has 0 radical (unpaired) electrons. The highest BCUT2D eigenvalue weighted by molar-refractivity contribution is 5.98. The Bertz CT molecular complexity index is 1370. The third-order valence-electron chi connectivity index (χ3n) is 5.27. The molecule has 0 spiro atoms. The van der Waals surface area contributed by atoms with Gasteiger partial charge in [-0.05, 0) is 31.2 Å². The van der Waals surface area contributed by atoms with Gasteiger partial charge in [-0.3, -0.25) is 4.79 Å². The van der Waals surface area contributed by atoms with Crippen molar-refractivity contribution in [3.05, 3.63) is 76.8 Å². The number of halogens is 2. The monoisotopic (exact) mass is 468 g/mol. The number of aromatic nitrogens is 2. The van der Waals surface area contributed by atoms with Gasteiger partial charge in [0.2, 0.25) is 5.89 Å². The molecule has 2 aromatic heterocycles. The molecule has 4 aromatic rings. The van der Waals surface area contributed by atoms with Crippen molar-refractivity contribution in [3.8, 4) is 17.2 Å². The summed E-state index contributed by atoms with van der Waals surface area (Å²) in [5, 5.41) is 12.8. The van der Waals surface area contributed by atoms with Crippen molar-refractivity contribution in [3.63, 3.8) is 0 Å². The normalized spacial score (nSPS) is 12.1. The van der Waals surface area contributed by atoms with Crippen molar-refractivity contribution in [2.24, 2.45) is 5.73 Å². The molecular weight excluding hydrogens is 446 g/mol. The molecule has 1 atom stereocenters. The first-order valence-electron chi connectivity index (χ1n) is 10.4. The molecule has 4 N–H and O–H groups in total. The zero-order chi connectivity index (χ0) is 24.4. The number of fused-ring (bicyclic) bond motifs is 1. The lowest BCUT2D eigenvalue weighted by Crippen LogP contribution is -2.26. The Kier molecular flexibility index (Phi) is 6.53. The maximum atomic E-state index is 13.9. The van der Waals surface area contributed by atoms with Crippen LogP contribution in [0.1, 0.15) is 33.5 Å². The molecule has 1 amide bonds. The van der Waals surface area contributed by atoms with E-state index in [1.54, 1.807) is 12.1 Å².